The number of hydrogen-bond donors (Lipinski definition) is 1. The third kappa shape index (κ3) is 3.29. The molecular weight excluding hydrogens is 328 g/mol. The smallest absolute Gasteiger partial charge is 0.325 e. The number of aliphatic hydroxyl groups excluding tert-OH is 1. The van der Waals surface area contributed by atoms with Crippen LogP contribution in [0.2, 0.25) is 0 Å². The van der Waals surface area contributed by atoms with Crippen molar-refractivity contribution in [3.63, 3.8) is 0 Å². The Balaban J connectivity index is 2.41. The Kier molecular flexibility index (Phi) is 5.83. The maximum Gasteiger partial charge on any atom is 0.325 e. The number of thioether (sulfide) groups is 1. The molecule has 0 saturated carbocycles. The molecule has 122 valence electrons. The van der Waals surface area contributed by atoms with Crippen LogP contribution < -0.4 is 9.47 Å². The number of alkyl halides is 1. The minimum Gasteiger partial charge on any atom is -0.497 e. The fourth-order valence-electron chi connectivity index (χ4n) is 2.38. The lowest BCUT2D eigenvalue weighted by Crippen LogP contribution is -2.49. The number of benzene rings is 1. The van der Waals surface area contributed by atoms with Crippen LogP contribution in [0.1, 0.15) is 12.8 Å². The van der Waals surface area contributed by atoms with Crippen molar-refractivity contribution >= 4 is 29.3 Å². The van der Waals surface area contributed by atoms with Gasteiger partial charge in [0.15, 0.2) is 0 Å². The molecule has 0 saturated heterocycles. The van der Waals surface area contributed by atoms with E-state index in [9.17, 15) is 9.90 Å². The van der Waals surface area contributed by atoms with Crippen LogP contribution in [-0.2, 0) is 9.53 Å². The van der Waals surface area contributed by atoms with E-state index in [1.807, 2.05) is 6.07 Å². The molecule has 1 aromatic rings. The summed E-state index contributed by atoms with van der Waals surface area (Å²) >= 11 is 7.03. The predicted molar refractivity (Wildman–Crippen MR) is 85.1 cm³/mol. The first-order valence-electron chi connectivity index (χ1n) is 6.89. The molecule has 2 unspecified atom stereocenters. The lowest BCUT2D eigenvalue weighted by atomic mass is 9.96. The average Bonchev–Trinajstić information content (AvgIpc) is 2.69. The maximum absolute atomic E-state index is 12.4. The number of methoxy groups -OCH3 is 2. The Morgan fingerprint density at radius 3 is 2.95 bits per heavy atom. The number of halogens is 1. The zero-order valence-corrected chi connectivity index (χ0v) is 14.1. The molecule has 0 bridgehead atoms. The number of carbonyl (C=O) groups excluding carboxylic acids is 1. The summed E-state index contributed by atoms with van der Waals surface area (Å²) < 4.78 is 14.6. The maximum atomic E-state index is 12.4. The first kappa shape index (κ1) is 17.2. The zero-order valence-electron chi connectivity index (χ0n) is 12.5. The normalized spacial score (nSPS) is 23.9. The molecule has 0 aliphatic carbocycles. The Bertz CT molecular complexity index is 539. The number of esters is 1. The molecule has 0 spiro atoms. The van der Waals surface area contributed by atoms with Gasteiger partial charge in [0, 0.05) is 11.9 Å². The molecule has 2 rings (SSSR count). The molecule has 1 heterocycles. The Labute approximate surface area is 138 Å². The van der Waals surface area contributed by atoms with E-state index in [1.54, 1.807) is 19.2 Å². The van der Waals surface area contributed by atoms with Gasteiger partial charge in [-0.2, -0.15) is 0 Å². The van der Waals surface area contributed by atoms with E-state index in [1.165, 1.54) is 18.9 Å². The highest BCUT2D eigenvalue weighted by Crippen LogP contribution is 2.47. The summed E-state index contributed by atoms with van der Waals surface area (Å²) in [5, 5.41) is 10.5. The number of carbonyl (C=O) groups is 1. The van der Waals surface area contributed by atoms with Crippen LogP contribution in [0.3, 0.4) is 0 Å². The summed E-state index contributed by atoms with van der Waals surface area (Å²) in [5.41, 5.74) is 0. The van der Waals surface area contributed by atoms with Crippen molar-refractivity contribution in [2.45, 2.75) is 28.6 Å². The molecule has 0 fully saturated rings. The first-order valence-corrected chi connectivity index (χ1v) is 8.24. The fraction of sp³-hybridized carbons (Fsp3) is 0.533. The van der Waals surface area contributed by atoms with Crippen LogP contribution in [0.4, 0.5) is 0 Å². The van der Waals surface area contributed by atoms with Crippen molar-refractivity contribution in [2.24, 2.45) is 0 Å². The number of hydrogen-bond acceptors (Lipinski definition) is 6. The molecule has 2 atom stereocenters. The number of ether oxygens (including phenoxy) is 3. The van der Waals surface area contributed by atoms with Crippen LogP contribution in [-0.4, -0.2) is 48.6 Å². The van der Waals surface area contributed by atoms with Crippen molar-refractivity contribution < 1.29 is 24.1 Å². The van der Waals surface area contributed by atoms with E-state index in [0.29, 0.717) is 30.2 Å². The molecule has 0 amide bonds. The van der Waals surface area contributed by atoms with Crippen LogP contribution in [0.5, 0.6) is 11.5 Å². The van der Waals surface area contributed by atoms with Crippen LogP contribution >= 0.6 is 23.4 Å². The van der Waals surface area contributed by atoms with Gasteiger partial charge in [0.05, 0.1) is 19.1 Å². The SMILES string of the molecule is COC(=O)C1(CCCCl)Sc2ccc(OC)cc2OCC1O. The molecule has 7 heteroatoms. The highest BCUT2D eigenvalue weighted by Gasteiger charge is 2.49. The summed E-state index contributed by atoms with van der Waals surface area (Å²) in [7, 11) is 2.89. The van der Waals surface area contributed by atoms with Crippen LogP contribution in [0, 0.1) is 0 Å². The second kappa shape index (κ2) is 7.44. The van der Waals surface area contributed by atoms with E-state index in [0.717, 1.165) is 4.90 Å². The van der Waals surface area contributed by atoms with Crippen molar-refractivity contribution in [3.05, 3.63) is 18.2 Å². The van der Waals surface area contributed by atoms with Crippen LogP contribution in [0.15, 0.2) is 23.1 Å². The molecule has 1 aliphatic rings. The predicted octanol–water partition coefficient (Wildman–Crippen LogP) is 2.47. The topological polar surface area (TPSA) is 65.0 Å². The summed E-state index contributed by atoms with van der Waals surface area (Å²) in [4.78, 5) is 13.1. The molecule has 0 aromatic heterocycles. The summed E-state index contributed by atoms with van der Waals surface area (Å²) in [5.74, 6) is 1.17. The fourth-order valence-corrected chi connectivity index (χ4v) is 3.88. The molecule has 22 heavy (non-hydrogen) atoms. The van der Waals surface area contributed by atoms with E-state index in [2.05, 4.69) is 0 Å². The van der Waals surface area contributed by atoms with E-state index >= 15 is 0 Å². The van der Waals surface area contributed by atoms with Gasteiger partial charge in [-0.1, -0.05) is 0 Å². The summed E-state index contributed by atoms with van der Waals surface area (Å²) in [6, 6.07) is 5.34. The van der Waals surface area contributed by atoms with Gasteiger partial charge in [0.2, 0.25) is 0 Å². The van der Waals surface area contributed by atoms with E-state index in [4.69, 9.17) is 25.8 Å². The third-order valence-corrected chi connectivity index (χ3v) is 5.42. The van der Waals surface area contributed by atoms with Gasteiger partial charge in [-0.3, -0.25) is 4.79 Å². The molecule has 0 radical (unpaired) electrons. The quantitative estimate of drug-likeness (QED) is 0.652. The van der Waals surface area contributed by atoms with Crippen LogP contribution in [0.25, 0.3) is 0 Å². The highest BCUT2D eigenvalue weighted by atomic mass is 35.5. The van der Waals surface area contributed by atoms with Crippen molar-refractivity contribution in [1.82, 2.24) is 0 Å². The lowest BCUT2D eigenvalue weighted by molar-refractivity contribution is -0.147. The third-order valence-electron chi connectivity index (χ3n) is 3.59. The van der Waals surface area contributed by atoms with E-state index < -0.39 is 16.8 Å². The average molecular weight is 347 g/mol. The highest BCUT2D eigenvalue weighted by molar-refractivity contribution is 8.01. The van der Waals surface area contributed by atoms with Gasteiger partial charge in [0.1, 0.15) is 29.0 Å². The molecular formula is C15H19ClO5S. The van der Waals surface area contributed by atoms with Gasteiger partial charge in [-0.25, -0.2) is 0 Å². The Morgan fingerprint density at radius 1 is 1.55 bits per heavy atom. The Hall–Kier alpha value is -1.11. The number of aliphatic hydroxyl groups is 1. The molecule has 5 nitrogen and oxygen atoms in total. The lowest BCUT2D eigenvalue weighted by Gasteiger charge is -2.32. The number of fused-ring (bicyclic) bond motifs is 1. The summed E-state index contributed by atoms with van der Waals surface area (Å²) in [6.45, 7) is 0.00452. The van der Waals surface area contributed by atoms with Crippen molar-refractivity contribution in [3.8, 4) is 11.5 Å². The molecule has 1 aromatic carbocycles. The first-order chi connectivity index (χ1) is 10.6. The second-order valence-corrected chi connectivity index (χ2v) is 6.67. The molecule has 1 N–H and O–H groups in total. The van der Waals surface area contributed by atoms with Crippen molar-refractivity contribution in [2.75, 3.05) is 26.7 Å². The van der Waals surface area contributed by atoms with Gasteiger partial charge >= 0.3 is 5.97 Å². The largest absolute Gasteiger partial charge is 0.497 e. The van der Waals surface area contributed by atoms with Gasteiger partial charge in [-0.05, 0) is 25.0 Å². The second-order valence-electron chi connectivity index (χ2n) is 4.92. The van der Waals surface area contributed by atoms with E-state index in [-0.39, 0.29) is 6.61 Å². The summed E-state index contributed by atoms with van der Waals surface area (Å²) in [6.07, 6.45) is 0.00215. The van der Waals surface area contributed by atoms with Gasteiger partial charge in [-0.15, -0.1) is 23.4 Å². The zero-order chi connectivity index (χ0) is 16.2. The Morgan fingerprint density at radius 2 is 2.32 bits per heavy atom. The molecule has 1 aliphatic heterocycles. The van der Waals surface area contributed by atoms with Crippen molar-refractivity contribution in [1.29, 1.82) is 0 Å². The monoisotopic (exact) mass is 346 g/mol. The van der Waals surface area contributed by atoms with Gasteiger partial charge in [0.25, 0.3) is 0 Å². The standard InChI is InChI=1S/C15H19ClO5S/c1-19-10-4-5-12-11(8-10)21-9-13(17)15(22-12,6-3-7-16)14(18)20-2/h4-5,8,13,17H,3,6-7,9H2,1-2H3. The van der Waals surface area contributed by atoms with Gasteiger partial charge < -0.3 is 19.3 Å². The number of rotatable bonds is 5. The minimum atomic E-state index is -1.12. The minimum absolute atomic E-state index is 0.00452.